The predicted molar refractivity (Wildman–Crippen MR) is 103 cm³/mol. The SMILES string of the molecule is O=C(c1cccc(N2C(=O)C3C4C=CC(C5CC45)C3C2=O)c1)N1CCCCC1. The maximum absolute atomic E-state index is 13.3. The Balaban J connectivity index is 1.31. The third kappa shape index (κ3) is 2.16. The van der Waals surface area contributed by atoms with Crippen LogP contribution in [0.25, 0.3) is 0 Å². The van der Waals surface area contributed by atoms with E-state index < -0.39 is 0 Å². The summed E-state index contributed by atoms with van der Waals surface area (Å²) in [6.45, 7) is 1.57. The summed E-state index contributed by atoms with van der Waals surface area (Å²) in [7, 11) is 0. The summed E-state index contributed by atoms with van der Waals surface area (Å²) in [5.74, 6) is 1.10. The number of anilines is 1. The van der Waals surface area contributed by atoms with Crippen molar-refractivity contribution >= 4 is 23.4 Å². The van der Waals surface area contributed by atoms with Gasteiger partial charge in [-0.05, 0) is 67.6 Å². The van der Waals surface area contributed by atoms with Crippen LogP contribution in [-0.4, -0.2) is 35.7 Å². The van der Waals surface area contributed by atoms with Crippen LogP contribution in [-0.2, 0) is 9.59 Å². The van der Waals surface area contributed by atoms with Crippen LogP contribution >= 0.6 is 0 Å². The molecule has 4 fully saturated rings. The summed E-state index contributed by atoms with van der Waals surface area (Å²) in [6.07, 6.45) is 8.78. The first-order valence-corrected chi connectivity index (χ1v) is 10.6. The standard InChI is InChI=1S/C23H24N2O3/c26-21(24-9-2-1-3-10-24)13-5-4-6-14(11-13)25-22(27)19-15-7-8-16(18-12-17(15)18)20(19)23(25)28/h4-8,11,15-20H,1-3,9-10,12H2. The molecule has 28 heavy (non-hydrogen) atoms. The number of amides is 3. The lowest BCUT2D eigenvalue weighted by Crippen LogP contribution is -2.40. The van der Waals surface area contributed by atoms with Crippen molar-refractivity contribution in [2.75, 3.05) is 18.0 Å². The molecule has 4 aliphatic carbocycles. The van der Waals surface area contributed by atoms with Crippen molar-refractivity contribution in [1.82, 2.24) is 4.90 Å². The zero-order valence-corrected chi connectivity index (χ0v) is 15.8. The maximum Gasteiger partial charge on any atom is 0.253 e. The zero-order valence-electron chi connectivity index (χ0n) is 15.8. The van der Waals surface area contributed by atoms with Gasteiger partial charge in [-0.2, -0.15) is 0 Å². The van der Waals surface area contributed by atoms with E-state index in [-0.39, 0.29) is 41.4 Å². The van der Waals surface area contributed by atoms with Crippen LogP contribution in [0.4, 0.5) is 5.69 Å². The van der Waals surface area contributed by atoms with E-state index in [1.807, 2.05) is 4.90 Å². The number of carbonyl (C=O) groups excluding carboxylic acids is 3. The van der Waals surface area contributed by atoms with Crippen molar-refractivity contribution in [3.05, 3.63) is 42.0 Å². The van der Waals surface area contributed by atoms with Crippen molar-refractivity contribution in [3.63, 3.8) is 0 Å². The molecule has 1 aromatic carbocycles. The average Bonchev–Trinajstić information content (AvgIpc) is 3.52. The molecule has 6 aliphatic rings. The number of imide groups is 1. The lowest BCUT2D eigenvalue weighted by molar-refractivity contribution is -0.124. The summed E-state index contributed by atoms with van der Waals surface area (Å²) < 4.78 is 0. The highest BCUT2D eigenvalue weighted by Gasteiger charge is 2.67. The van der Waals surface area contributed by atoms with Gasteiger partial charge in [0.1, 0.15) is 0 Å². The third-order valence-corrected chi connectivity index (χ3v) is 7.66. The number of allylic oxidation sites excluding steroid dienone is 2. The lowest BCUT2D eigenvalue weighted by atomic mass is 9.63. The van der Waals surface area contributed by atoms with Crippen LogP contribution < -0.4 is 4.90 Å². The molecule has 1 aromatic rings. The van der Waals surface area contributed by atoms with E-state index in [2.05, 4.69) is 12.2 Å². The van der Waals surface area contributed by atoms with Gasteiger partial charge < -0.3 is 4.90 Å². The average molecular weight is 376 g/mol. The third-order valence-electron chi connectivity index (χ3n) is 7.66. The first-order chi connectivity index (χ1) is 13.6. The fourth-order valence-electron chi connectivity index (χ4n) is 6.27. The molecular formula is C23H24N2O3. The monoisotopic (exact) mass is 376 g/mol. The number of hydrogen-bond acceptors (Lipinski definition) is 3. The molecule has 2 bridgehead atoms. The fraction of sp³-hybridized carbons (Fsp3) is 0.522. The Morgan fingerprint density at radius 2 is 1.54 bits per heavy atom. The van der Waals surface area contributed by atoms with E-state index in [0.29, 0.717) is 23.1 Å². The molecule has 3 amide bonds. The Labute approximate surface area is 164 Å². The highest BCUT2D eigenvalue weighted by atomic mass is 16.2. The Morgan fingerprint density at radius 3 is 2.18 bits per heavy atom. The molecule has 7 rings (SSSR count). The van der Waals surface area contributed by atoms with Gasteiger partial charge in [0, 0.05) is 18.7 Å². The van der Waals surface area contributed by atoms with Gasteiger partial charge in [0.25, 0.3) is 5.91 Å². The van der Waals surface area contributed by atoms with E-state index in [9.17, 15) is 14.4 Å². The largest absolute Gasteiger partial charge is 0.339 e. The summed E-state index contributed by atoms with van der Waals surface area (Å²) in [6, 6.07) is 7.11. The van der Waals surface area contributed by atoms with Crippen molar-refractivity contribution in [2.24, 2.45) is 35.5 Å². The molecule has 0 N–H and O–H groups in total. The summed E-state index contributed by atoms with van der Waals surface area (Å²) in [5.41, 5.74) is 1.12. The maximum atomic E-state index is 13.3. The minimum atomic E-state index is -0.201. The smallest absolute Gasteiger partial charge is 0.253 e. The van der Waals surface area contributed by atoms with Gasteiger partial charge in [-0.15, -0.1) is 0 Å². The number of carbonyl (C=O) groups is 3. The van der Waals surface area contributed by atoms with Gasteiger partial charge in [0.2, 0.25) is 11.8 Å². The molecule has 144 valence electrons. The van der Waals surface area contributed by atoms with Crippen LogP contribution in [0.2, 0.25) is 0 Å². The van der Waals surface area contributed by atoms with Gasteiger partial charge in [-0.3, -0.25) is 14.4 Å². The number of hydrogen-bond donors (Lipinski definition) is 0. The number of piperidine rings is 1. The Kier molecular flexibility index (Phi) is 3.41. The van der Waals surface area contributed by atoms with E-state index in [4.69, 9.17) is 0 Å². The van der Waals surface area contributed by atoms with Gasteiger partial charge in [-0.1, -0.05) is 18.2 Å². The Bertz CT molecular complexity index is 880. The van der Waals surface area contributed by atoms with Crippen molar-refractivity contribution in [1.29, 1.82) is 0 Å². The highest BCUT2D eigenvalue weighted by Crippen LogP contribution is 2.65. The molecule has 6 atom stereocenters. The Hall–Kier alpha value is -2.43. The molecule has 0 spiro atoms. The number of rotatable bonds is 2. The van der Waals surface area contributed by atoms with Crippen LogP contribution in [0.15, 0.2) is 36.4 Å². The first-order valence-electron chi connectivity index (χ1n) is 10.6. The molecule has 6 unspecified atom stereocenters. The molecule has 5 heteroatoms. The zero-order chi connectivity index (χ0) is 19.0. The topological polar surface area (TPSA) is 57.7 Å². The van der Waals surface area contributed by atoms with Gasteiger partial charge in [0.15, 0.2) is 0 Å². The Morgan fingerprint density at radius 1 is 0.893 bits per heavy atom. The summed E-state index contributed by atoms with van der Waals surface area (Å²) >= 11 is 0. The summed E-state index contributed by atoms with van der Waals surface area (Å²) in [5, 5.41) is 0. The number of nitrogens with zero attached hydrogens (tertiary/aromatic N) is 2. The van der Waals surface area contributed by atoms with E-state index >= 15 is 0 Å². The van der Waals surface area contributed by atoms with Crippen LogP contribution in [0.1, 0.15) is 36.0 Å². The van der Waals surface area contributed by atoms with Crippen molar-refractivity contribution in [2.45, 2.75) is 25.7 Å². The van der Waals surface area contributed by atoms with E-state index in [1.54, 1.807) is 24.3 Å². The van der Waals surface area contributed by atoms with E-state index in [1.165, 1.54) is 11.3 Å². The normalized spacial score (nSPS) is 37.9. The predicted octanol–water partition coefficient (Wildman–Crippen LogP) is 2.87. The molecule has 2 heterocycles. The first kappa shape index (κ1) is 16.5. The molecular weight excluding hydrogens is 352 g/mol. The van der Waals surface area contributed by atoms with Gasteiger partial charge >= 0.3 is 0 Å². The molecule has 0 radical (unpaired) electrons. The second kappa shape index (κ2) is 5.79. The van der Waals surface area contributed by atoms with Crippen molar-refractivity contribution in [3.8, 4) is 0 Å². The van der Waals surface area contributed by atoms with Gasteiger partial charge in [0.05, 0.1) is 17.5 Å². The molecule has 2 aliphatic heterocycles. The van der Waals surface area contributed by atoms with E-state index in [0.717, 1.165) is 32.4 Å². The molecule has 0 aromatic heterocycles. The number of benzene rings is 1. The van der Waals surface area contributed by atoms with Crippen LogP contribution in [0.3, 0.4) is 0 Å². The van der Waals surface area contributed by atoms with Crippen LogP contribution in [0.5, 0.6) is 0 Å². The molecule has 5 nitrogen and oxygen atoms in total. The van der Waals surface area contributed by atoms with Gasteiger partial charge in [-0.25, -0.2) is 4.90 Å². The highest BCUT2D eigenvalue weighted by molar-refractivity contribution is 6.23. The molecule has 2 saturated heterocycles. The second-order valence-electron chi connectivity index (χ2n) is 9.07. The summed E-state index contributed by atoms with van der Waals surface area (Å²) in [4.78, 5) is 42.7. The quantitative estimate of drug-likeness (QED) is 0.589. The molecule has 2 saturated carbocycles. The second-order valence-corrected chi connectivity index (χ2v) is 9.07. The minimum absolute atomic E-state index is 0.000965. The minimum Gasteiger partial charge on any atom is -0.339 e. The fourth-order valence-corrected chi connectivity index (χ4v) is 6.27. The lowest BCUT2D eigenvalue weighted by Gasteiger charge is -2.37. The van der Waals surface area contributed by atoms with Crippen LogP contribution in [0, 0.1) is 35.5 Å². The van der Waals surface area contributed by atoms with Crippen molar-refractivity contribution < 1.29 is 14.4 Å². The number of likely N-dealkylation sites (tertiary alicyclic amines) is 1.